The molecule has 1 atom stereocenters. The molecule has 0 saturated heterocycles. The fraction of sp³-hybridized carbons (Fsp3) is 0.636. The fourth-order valence-electron chi connectivity index (χ4n) is 0.844. The topological polar surface area (TPSA) is 65.2 Å². The van der Waals surface area contributed by atoms with Crippen molar-refractivity contribution in [2.45, 2.75) is 45.6 Å². The van der Waals surface area contributed by atoms with Crippen LogP contribution in [0.15, 0.2) is 23.0 Å². The Morgan fingerprint density at radius 3 is 1.88 bits per heavy atom. The predicted octanol–water partition coefficient (Wildman–Crippen LogP) is 2.20. The molecule has 0 spiro atoms. The van der Waals surface area contributed by atoms with Crippen molar-refractivity contribution in [3.05, 3.63) is 12.7 Å². The zero-order chi connectivity index (χ0) is 13.2. The second-order valence-corrected chi connectivity index (χ2v) is 6.09. The molecule has 94 valence electrons. The molecule has 0 amide bonds. The second-order valence-electron chi connectivity index (χ2n) is 4.01. The number of hydrogen-bond acceptors (Lipinski definition) is 4. The van der Waals surface area contributed by atoms with Crippen molar-refractivity contribution in [3.8, 4) is 0 Å². The van der Waals surface area contributed by atoms with E-state index in [2.05, 4.69) is 16.9 Å². The Hall–Kier alpha value is -1.10. The Morgan fingerprint density at radius 2 is 1.81 bits per heavy atom. The first-order valence-corrected chi connectivity index (χ1v) is 6.42. The molecule has 0 rings (SSSR count). The van der Waals surface area contributed by atoms with E-state index in [0.717, 1.165) is 34.5 Å². The van der Waals surface area contributed by atoms with Crippen molar-refractivity contribution in [1.29, 1.82) is 0 Å². The quantitative estimate of drug-likeness (QED) is 0.262. The largest absolute Gasteiger partial charge is 0.411 e. The number of nitrogens with zero attached hydrogens (tertiary/aromatic N) is 2. The molecular formula is C11H24N2O2Si. The lowest BCUT2D eigenvalue weighted by atomic mass is 10.0. The molecule has 1 unspecified atom stereocenters. The highest BCUT2D eigenvalue weighted by molar-refractivity contribution is 6.30. The third-order valence-electron chi connectivity index (χ3n) is 2.39. The highest BCUT2D eigenvalue weighted by Gasteiger charge is 2.19. The lowest BCUT2D eigenvalue weighted by Crippen LogP contribution is -2.17. The summed E-state index contributed by atoms with van der Waals surface area (Å²) >= 11 is 0. The third-order valence-corrected chi connectivity index (χ3v) is 3.38. The summed E-state index contributed by atoms with van der Waals surface area (Å²) in [5.74, 6) is 0. The van der Waals surface area contributed by atoms with Gasteiger partial charge in [0.25, 0.3) is 0 Å². The van der Waals surface area contributed by atoms with Gasteiger partial charge in [0.2, 0.25) is 0 Å². The van der Waals surface area contributed by atoms with Crippen LogP contribution in [0, 0.1) is 0 Å². The van der Waals surface area contributed by atoms with Crippen molar-refractivity contribution in [1.82, 2.24) is 0 Å². The van der Waals surface area contributed by atoms with E-state index in [-0.39, 0.29) is 5.04 Å². The van der Waals surface area contributed by atoms with Crippen LogP contribution in [0.1, 0.15) is 40.5 Å². The van der Waals surface area contributed by atoms with Crippen LogP contribution in [0.25, 0.3) is 0 Å². The number of hydrogen-bond donors (Lipinski definition) is 2. The van der Waals surface area contributed by atoms with Crippen LogP contribution in [0.3, 0.4) is 0 Å². The van der Waals surface area contributed by atoms with Gasteiger partial charge in [-0.1, -0.05) is 37.2 Å². The Morgan fingerprint density at radius 1 is 1.31 bits per heavy atom. The molecular weight excluding hydrogens is 220 g/mol. The normalized spacial score (nSPS) is 16.0. The van der Waals surface area contributed by atoms with Crippen molar-refractivity contribution in [2.75, 3.05) is 0 Å². The van der Waals surface area contributed by atoms with Crippen LogP contribution >= 0.6 is 0 Å². The van der Waals surface area contributed by atoms with Crippen LogP contribution in [-0.4, -0.2) is 32.1 Å². The van der Waals surface area contributed by atoms with Gasteiger partial charge >= 0.3 is 0 Å². The number of oxime groups is 2. The average molecular weight is 244 g/mol. The van der Waals surface area contributed by atoms with Gasteiger partial charge < -0.3 is 10.4 Å². The minimum atomic E-state index is -0.0382. The summed E-state index contributed by atoms with van der Waals surface area (Å²) in [5, 5.41) is 22.6. The van der Waals surface area contributed by atoms with E-state index >= 15 is 0 Å². The van der Waals surface area contributed by atoms with E-state index in [1.165, 1.54) is 0 Å². The van der Waals surface area contributed by atoms with Crippen LogP contribution in [0.4, 0.5) is 0 Å². The summed E-state index contributed by atoms with van der Waals surface area (Å²) in [6.45, 7) is 11.4. The zero-order valence-corrected chi connectivity index (χ0v) is 13.0. The molecule has 16 heavy (non-hydrogen) atoms. The van der Waals surface area contributed by atoms with E-state index in [0.29, 0.717) is 0 Å². The molecule has 0 aliphatic carbocycles. The van der Waals surface area contributed by atoms with Gasteiger partial charge in [0.1, 0.15) is 0 Å². The van der Waals surface area contributed by atoms with E-state index in [9.17, 15) is 0 Å². The fourth-order valence-corrected chi connectivity index (χ4v) is 1.30. The zero-order valence-electron chi connectivity index (χ0n) is 11.0. The van der Waals surface area contributed by atoms with E-state index in [1.54, 1.807) is 6.92 Å². The van der Waals surface area contributed by atoms with E-state index in [1.807, 2.05) is 26.8 Å². The lowest BCUT2D eigenvalue weighted by molar-refractivity contribution is 0.315. The molecule has 0 saturated carbocycles. The summed E-state index contributed by atoms with van der Waals surface area (Å²) in [4.78, 5) is 0. The van der Waals surface area contributed by atoms with Gasteiger partial charge in [0.05, 0.1) is 11.4 Å². The predicted molar refractivity (Wildman–Crippen MR) is 73.2 cm³/mol. The molecule has 2 N–H and O–H groups in total. The molecule has 0 aromatic carbocycles. The van der Waals surface area contributed by atoms with Crippen LogP contribution in [0.2, 0.25) is 5.04 Å². The summed E-state index contributed by atoms with van der Waals surface area (Å²) < 4.78 is 0. The molecule has 0 aliphatic heterocycles. The molecule has 0 aromatic rings. The van der Waals surface area contributed by atoms with Crippen LogP contribution in [0.5, 0.6) is 0 Å². The Balaban J connectivity index is 0. The van der Waals surface area contributed by atoms with Gasteiger partial charge in [-0.15, -0.1) is 6.58 Å². The first kappa shape index (κ1) is 17.3. The summed E-state index contributed by atoms with van der Waals surface area (Å²) in [7, 11) is 0.943. The molecule has 0 aliphatic rings. The highest BCUT2D eigenvalue weighted by atomic mass is 28.1. The third kappa shape index (κ3) is 7.22. The molecule has 0 bridgehead atoms. The van der Waals surface area contributed by atoms with Gasteiger partial charge in [-0.2, -0.15) is 0 Å². The minimum absolute atomic E-state index is 0.0382. The average Bonchev–Trinajstić information content (AvgIpc) is 2.30. The maximum absolute atomic E-state index is 8.56. The highest BCUT2D eigenvalue weighted by Crippen LogP contribution is 2.24. The van der Waals surface area contributed by atoms with Gasteiger partial charge in [-0.3, -0.25) is 0 Å². The van der Waals surface area contributed by atoms with Crippen molar-refractivity contribution in [2.24, 2.45) is 10.3 Å². The standard InChI is InChI=1S/C7H15NOSi.C4H9NO/c1-4-6(8-9)7(3,10)5-2;1-3-4(2)5-6/h5,9H,2,4H2,1,3,10H3;6H,3H2,1-2H3. The SMILES string of the molecule is C=CC(C)([SiH3])C(CC)=NO.CCC(C)=NO. The lowest BCUT2D eigenvalue weighted by Gasteiger charge is -2.19. The van der Waals surface area contributed by atoms with Crippen molar-refractivity contribution in [3.63, 3.8) is 0 Å². The maximum atomic E-state index is 8.56. The Kier molecular flexibility index (Phi) is 9.89. The summed E-state index contributed by atoms with van der Waals surface area (Å²) in [5.41, 5.74) is 1.60. The number of allylic oxidation sites excluding steroid dienone is 1. The number of rotatable bonds is 4. The Bertz CT molecular complexity index is 261. The Labute approximate surface area is 101 Å². The first-order valence-electron chi connectivity index (χ1n) is 5.42. The van der Waals surface area contributed by atoms with Crippen LogP contribution < -0.4 is 0 Å². The monoisotopic (exact) mass is 244 g/mol. The minimum Gasteiger partial charge on any atom is -0.411 e. The van der Waals surface area contributed by atoms with E-state index in [4.69, 9.17) is 10.4 Å². The molecule has 4 nitrogen and oxygen atoms in total. The van der Waals surface area contributed by atoms with Crippen molar-refractivity contribution >= 4 is 21.7 Å². The molecule has 0 aromatic heterocycles. The van der Waals surface area contributed by atoms with Crippen molar-refractivity contribution < 1.29 is 10.4 Å². The van der Waals surface area contributed by atoms with Gasteiger partial charge in [0.15, 0.2) is 0 Å². The second kappa shape index (κ2) is 9.15. The molecule has 0 heterocycles. The summed E-state index contributed by atoms with van der Waals surface area (Å²) in [6.07, 6.45) is 3.47. The molecule has 5 heteroatoms. The van der Waals surface area contributed by atoms with Gasteiger partial charge in [-0.05, 0) is 19.8 Å². The van der Waals surface area contributed by atoms with Gasteiger partial charge in [0, 0.05) is 15.3 Å². The van der Waals surface area contributed by atoms with Gasteiger partial charge in [-0.25, -0.2) is 0 Å². The maximum Gasteiger partial charge on any atom is 0.0626 e. The smallest absolute Gasteiger partial charge is 0.0626 e. The first-order chi connectivity index (χ1) is 7.39. The van der Waals surface area contributed by atoms with E-state index < -0.39 is 0 Å². The van der Waals surface area contributed by atoms with Crippen LogP contribution in [-0.2, 0) is 0 Å². The molecule has 0 fully saturated rings. The molecule has 0 radical (unpaired) electrons. The summed E-state index contributed by atoms with van der Waals surface area (Å²) in [6, 6.07) is 0.